The Morgan fingerprint density at radius 2 is 1.18 bits per heavy atom. The lowest BCUT2D eigenvalue weighted by Crippen LogP contribution is -2.34. The number of halogens is 2. The highest BCUT2D eigenvalue weighted by Crippen LogP contribution is 2.50. The van der Waals surface area contributed by atoms with Gasteiger partial charge in [-0.1, -0.05) is 25.7 Å². The van der Waals surface area contributed by atoms with Gasteiger partial charge in [-0.2, -0.15) is 10.2 Å². The van der Waals surface area contributed by atoms with Gasteiger partial charge in [0.2, 0.25) is 11.6 Å². The second kappa shape index (κ2) is 17.3. The number of ether oxygens (including phenoxy) is 4. The number of rotatable bonds is 13. The number of nitrogens with zero attached hydrogens (tertiary/aromatic N) is 10. The van der Waals surface area contributed by atoms with Crippen molar-refractivity contribution in [2.45, 2.75) is 111 Å². The molecule has 6 aromatic heterocycles. The van der Waals surface area contributed by atoms with E-state index in [0.29, 0.717) is 23.4 Å². The monoisotopic (exact) mass is 1010 g/mol. The van der Waals surface area contributed by atoms with Gasteiger partial charge in [-0.3, -0.25) is 0 Å². The first kappa shape index (κ1) is 41.1. The van der Waals surface area contributed by atoms with Gasteiger partial charge in [-0.25, -0.2) is 29.3 Å². The fourth-order valence-electron chi connectivity index (χ4n) is 8.37. The minimum absolute atomic E-state index is 0.0222. The highest BCUT2D eigenvalue weighted by atomic mass is 79.9. The number of pyridine rings is 2. The molecule has 0 spiro atoms. The Labute approximate surface area is 380 Å². The van der Waals surface area contributed by atoms with Crippen LogP contribution in [-0.2, 0) is 43.6 Å². The summed E-state index contributed by atoms with van der Waals surface area (Å²) in [5.74, 6) is -0.362. The molecule has 0 bridgehead atoms. The molecule has 0 N–H and O–H groups in total. The predicted octanol–water partition coefficient (Wildman–Crippen LogP) is 10.1. The third-order valence-corrected chi connectivity index (χ3v) is 16.7. The second-order valence-corrected chi connectivity index (χ2v) is 21.1. The van der Waals surface area contributed by atoms with Crippen LogP contribution >= 0.6 is 76.1 Å². The van der Waals surface area contributed by atoms with Crippen molar-refractivity contribution in [1.82, 2.24) is 39.5 Å². The van der Waals surface area contributed by atoms with Crippen molar-refractivity contribution in [3.63, 3.8) is 0 Å². The molecule has 2 saturated carbocycles. The molecule has 2 aliphatic heterocycles. The normalized spacial score (nSPS) is 26.3. The predicted molar refractivity (Wildman–Crippen MR) is 240 cm³/mol. The van der Waals surface area contributed by atoms with Gasteiger partial charge < -0.3 is 28.7 Å². The number of hydrogen-bond donors (Lipinski definition) is 0. The van der Waals surface area contributed by atoms with Crippen LogP contribution < -0.4 is 9.80 Å². The summed E-state index contributed by atoms with van der Waals surface area (Å²) in [7, 11) is 6.99. The number of hydrogen-bond acceptors (Lipinski definition) is 16. The molecule has 20 heteroatoms. The summed E-state index contributed by atoms with van der Waals surface area (Å²) in [5.41, 5.74) is 1.96. The third-order valence-electron chi connectivity index (χ3n) is 11.5. The Balaban J connectivity index is 0.887. The molecular formula is C40H42Br2N10O4S4. The molecule has 8 heterocycles. The molecular weight excluding hydrogens is 973 g/mol. The van der Waals surface area contributed by atoms with Crippen molar-refractivity contribution < 1.29 is 18.9 Å². The molecule has 0 aromatic carbocycles. The van der Waals surface area contributed by atoms with Crippen LogP contribution in [0.3, 0.4) is 0 Å². The smallest absolute Gasteiger partial charge is 0.225 e. The fourth-order valence-corrected chi connectivity index (χ4v) is 12.7. The Morgan fingerprint density at radius 3 is 1.72 bits per heavy atom. The summed E-state index contributed by atoms with van der Waals surface area (Å²) in [6, 6.07) is 12.3. The molecule has 314 valence electrons. The van der Waals surface area contributed by atoms with Gasteiger partial charge in [0, 0.05) is 51.8 Å². The van der Waals surface area contributed by atoms with Gasteiger partial charge in [0.15, 0.2) is 10.3 Å². The quantitative estimate of drug-likeness (QED) is 0.102. The first-order chi connectivity index (χ1) is 29.2. The number of fused-ring (bicyclic) bond motifs is 2. The van der Waals surface area contributed by atoms with Crippen LogP contribution in [0.4, 0.5) is 22.3 Å². The van der Waals surface area contributed by atoms with Crippen molar-refractivity contribution in [3.05, 3.63) is 91.6 Å². The maximum Gasteiger partial charge on any atom is 0.225 e. The molecule has 4 aliphatic rings. The second-order valence-electron chi connectivity index (χ2n) is 15.4. The SMILES string of the molecule is CN(c1csc(C2(Cn3ncnc3SSc3ncnn3CC3(c4csc(N(C)c5ccc(Br)cn5)c4)OC4CCCCC4O3)OC3CCCCC3O2)c1)c1ccc(Br)cn1. The average Bonchev–Trinajstić information content (AvgIpc) is 4.12. The zero-order chi connectivity index (χ0) is 40.8. The lowest BCUT2D eigenvalue weighted by Gasteiger charge is -2.28. The maximum atomic E-state index is 6.95. The Bertz CT molecular complexity index is 2220. The van der Waals surface area contributed by atoms with Gasteiger partial charge in [-0.15, -0.1) is 22.7 Å². The van der Waals surface area contributed by atoms with Crippen molar-refractivity contribution in [2.75, 3.05) is 23.9 Å². The summed E-state index contributed by atoms with van der Waals surface area (Å²) in [6.45, 7) is 0.679. The molecule has 2 saturated heterocycles. The van der Waals surface area contributed by atoms with E-state index in [2.05, 4.69) is 74.5 Å². The number of aromatic nitrogens is 8. The molecule has 4 fully saturated rings. The van der Waals surface area contributed by atoms with E-state index >= 15 is 0 Å². The van der Waals surface area contributed by atoms with Gasteiger partial charge in [0.05, 0.1) is 40.0 Å². The standard InChI is InChI=1S/C40H42Br2N10O4S4/c1-49(34-13-11-26(41)17-43-34)28-16-33(57-20-28)40(55-31-9-5-6-10-32(31)56-40)22-52-38(46-24-48-52)60-59-37-45-23-47-51(37)21-39(53-29-7-3-4-8-30(29)54-39)25-15-36(58-19-25)50(2)35-14-12-27(42)18-44-35/h11-20,23-24,29-32H,3-10,21-22H2,1-2H3. The largest absolute Gasteiger partial charge is 0.338 e. The van der Waals surface area contributed by atoms with E-state index in [1.54, 1.807) is 35.3 Å². The van der Waals surface area contributed by atoms with Crippen LogP contribution in [0.1, 0.15) is 61.8 Å². The van der Waals surface area contributed by atoms with Crippen LogP contribution in [0.5, 0.6) is 0 Å². The minimum atomic E-state index is -1.03. The van der Waals surface area contributed by atoms with E-state index in [0.717, 1.165) is 93.1 Å². The lowest BCUT2D eigenvalue weighted by molar-refractivity contribution is -0.196. The van der Waals surface area contributed by atoms with Crippen molar-refractivity contribution >= 4 is 98.4 Å². The van der Waals surface area contributed by atoms with Crippen LogP contribution in [-0.4, -0.2) is 78.0 Å². The zero-order valence-electron chi connectivity index (χ0n) is 32.8. The maximum absolute atomic E-state index is 6.95. The topological polar surface area (TPSA) is 131 Å². The van der Waals surface area contributed by atoms with E-state index < -0.39 is 11.6 Å². The Hall–Kier alpha value is -2.92. The highest BCUT2D eigenvalue weighted by molar-refractivity contribution is 9.10. The third kappa shape index (κ3) is 8.21. The zero-order valence-corrected chi connectivity index (χ0v) is 39.2. The molecule has 2 aliphatic carbocycles. The van der Waals surface area contributed by atoms with Crippen molar-refractivity contribution in [2.24, 2.45) is 0 Å². The number of thiophene rings is 2. The Morgan fingerprint density at radius 1 is 0.667 bits per heavy atom. The van der Waals surface area contributed by atoms with Crippen molar-refractivity contribution in [3.8, 4) is 0 Å². The Kier molecular flexibility index (Phi) is 11.9. The van der Waals surface area contributed by atoms with Crippen LogP contribution in [0, 0.1) is 0 Å². The van der Waals surface area contributed by atoms with Crippen LogP contribution in [0.15, 0.2) is 91.5 Å². The molecule has 60 heavy (non-hydrogen) atoms. The van der Waals surface area contributed by atoms with Gasteiger partial charge in [0.25, 0.3) is 0 Å². The van der Waals surface area contributed by atoms with E-state index in [1.165, 1.54) is 21.6 Å². The van der Waals surface area contributed by atoms with Crippen LogP contribution in [0.2, 0.25) is 0 Å². The minimum Gasteiger partial charge on any atom is -0.338 e. The molecule has 0 radical (unpaired) electrons. The summed E-state index contributed by atoms with van der Waals surface area (Å²) < 4.78 is 33.4. The molecule has 4 atom stereocenters. The molecule has 10 rings (SSSR count). The van der Waals surface area contributed by atoms with Crippen LogP contribution in [0.25, 0.3) is 0 Å². The lowest BCUT2D eigenvalue weighted by atomic mass is 9.95. The van der Waals surface area contributed by atoms with E-state index in [9.17, 15) is 0 Å². The number of anilines is 4. The summed E-state index contributed by atoms with van der Waals surface area (Å²) in [4.78, 5) is 23.7. The van der Waals surface area contributed by atoms with E-state index in [1.807, 2.05) is 60.1 Å². The van der Waals surface area contributed by atoms with Gasteiger partial charge in [0.1, 0.15) is 37.4 Å². The highest BCUT2D eigenvalue weighted by Gasteiger charge is 2.52. The van der Waals surface area contributed by atoms with Crippen molar-refractivity contribution in [1.29, 1.82) is 0 Å². The molecule has 6 aromatic rings. The molecule has 4 unspecified atom stereocenters. The van der Waals surface area contributed by atoms with Gasteiger partial charge >= 0.3 is 0 Å². The fraction of sp³-hybridized carbons (Fsp3) is 0.450. The first-order valence-electron chi connectivity index (χ1n) is 19.9. The average molecular weight is 1010 g/mol. The molecule has 0 amide bonds. The summed E-state index contributed by atoms with van der Waals surface area (Å²) >= 11 is 10.3. The molecule has 14 nitrogen and oxygen atoms in total. The van der Waals surface area contributed by atoms with Gasteiger partial charge in [-0.05, 0) is 116 Å². The van der Waals surface area contributed by atoms with E-state index in [-0.39, 0.29) is 24.4 Å². The first-order valence-corrected chi connectivity index (χ1v) is 25.4. The summed E-state index contributed by atoms with van der Waals surface area (Å²) in [5, 5.41) is 16.1. The van der Waals surface area contributed by atoms with E-state index in [4.69, 9.17) is 39.1 Å². The summed E-state index contributed by atoms with van der Waals surface area (Å²) in [6.07, 6.45) is 15.3.